The molecule has 0 aliphatic carbocycles. The smallest absolute Gasteiger partial charge is 0.330 e. The van der Waals surface area contributed by atoms with Gasteiger partial charge in [-0.15, -0.1) is 0 Å². The molecule has 0 bridgehead atoms. The van der Waals surface area contributed by atoms with Crippen LogP contribution in [-0.2, 0) is 18.3 Å². The summed E-state index contributed by atoms with van der Waals surface area (Å²) in [5.41, 5.74) is 4.73. The molecular weight excluding hydrogens is 352 g/mol. The standard InChI is InChI=1S/C22H28N4O2/c1-22(2,3)15-26-19-9-8-18(23-20(19)24(4)21(26)27)16-6-5-7-17(14-16)25-10-12-28-13-11-25/h5-9,14H,10-13,15H2,1-4H3. The van der Waals surface area contributed by atoms with Crippen molar-refractivity contribution >= 4 is 16.9 Å². The number of morpholine rings is 1. The van der Waals surface area contributed by atoms with E-state index in [1.54, 1.807) is 11.6 Å². The summed E-state index contributed by atoms with van der Waals surface area (Å²) < 4.78 is 8.94. The molecule has 4 rings (SSSR count). The van der Waals surface area contributed by atoms with E-state index in [-0.39, 0.29) is 11.1 Å². The molecule has 6 nitrogen and oxygen atoms in total. The van der Waals surface area contributed by atoms with Gasteiger partial charge in [0.05, 0.1) is 24.4 Å². The van der Waals surface area contributed by atoms with Crippen molar-refractivity contribution in [1.82, 2.24) is 14.1 Å². The average molecular weight is 380 g/mol. The number of ether oxygens (including phenoxy) is 1. The summed E-state index contributed by atoms with van der Waals surface area (Å²) >= 11 is 0. The fourth-order valence-corrected chi connectivity index (χ4v) is 3.74. The van der Waals surface area contributed by atoms with Gasteiger partial charge in [0.15, 0.2) is 5.65 Å². The van der Waals surface area contributed by atoms with Gasteiger partial charge in [0, 0.05) is 37.9 Å². The molecule has 0 saturated carbocycles. The summed E-state index contributed by atoms with van der Waals surface area (Å²) in [7, 11) is 1.80. The van der Waals surface area contributed by atoms with Crippen LogP contribution in [0, 0.1) is 5.41 Å². The summed E-state index contributed by atoms with van der Waals surface area (Å²) in [6.07, 6.45) is 0. The summed E-state index contributed by atoms with van der Waals surface area (Å²) in [4.78, 5) is 19.9. The molecule has 148 valence electrons. The van der Waals surface area contributed by atoms with Crippen LogP contribution >= 0.6 is 0 Å². The van der Waals surface area contributed by atoms with Crippen molar-refractivity contribution in [2.75, 3.05) is 31.2 Å². The third kappa shape index (κ3) is 3.56. The summed E-state index contributed by atoms with van der Waals surface area (Å²) in [6, 6.07) is 12.5. The van der Waals surface area contributed by atoms with Gasteiger partial charge in [-0.05, 0) is 29.7 Å². The van der Waals surface area contributed by atoms with Gasteiger partial charge in [-0.1, -0.05) is 32.9 Å². The van der Waals surface area contributed by atoms with E-state index in [1.807, 2.05) is 16.7 Å². The van der Waals surface area contributed by atoms with Crippen molar-refractivity contribution in [1.29, 1.82) is 0 Å². The number of fused-ring (bicyclic) bond motifs is 1. The van der Waals surface area contributed by atoms with E-state index in [0.29, 0.717) is 6.54 Å². The van der Waals surface area contributed by atoms with Gasteiger partial charge in [0.2, 0.25) is 0 Å². The Balaban J connectivity index is 1.74. The maximum absolute atomic E-state index is 12.7. The number of rotatable bonds is 3. The van der Waals surface area contributed by atoms with Gasteiger partial charge in [-0.25, -0.2) is 9.78 Å². The molecule has 0 N–H and O–H groups in total. The Kier molecular flexibility index (Phi) is 4.75. The van der Waals surface area contributed by atoms with Crippen LogP contribution in [0.2, 0.25) is 0 Å². The lowest BCUT2D eigenvalue weighted by Gasteiger charge is -2.29. The minimum atomic E-state index is -0.0170. The Hall–Kier alpha value is -2.60. The van der Waals surface area contributed by atoms with Gasteiger partial charge in [-0.3, -0.25) is 9.13 Å². The Labute approximate surface area is 165 Å². The molecule has 3 heterocycles. The minimum absolute atomic E-state index is 0.0170. The van der Waals surface area contributed by atoms with Crippen LogP contribution in [0.5, 0.6) is 0 Å². The van der Waals surface area contributed by atoms with E-state index in [2.05, 4.69) is 49.9 Å². The van der Waals surface area contributed by atoms with Gasteiger partial charge in [-0.2, -0.15) is 0 Å². The van der Waals surface area contributed by atoms with Crippen LogP contribution in [0.25, 0.3) is 22.4 Å². The van der Waals surface area contributed by atoms with Gasteiger partial charge in [0.1, 0.15) is 0 Å². The number of aryl methyl sites for hydroxylation is 1. The van der Waals surface area contributed by atoms with Gasteiger partial charge < -0.3 is 9.64 Å². The first-order valence-corrected chi connectivity index (χ1v) is 9.83. The predicted octanol–water partition coefficient (Wildman–Crippen LogP) is 3.28. The highest BCUT2D eigenvalue weighted by atomic mass is 16.5. The fraction of sp³-hybridized carbons (Fsp3) is 0.455. The molecule has 0 unspecified atom stereocenters. The molecule has 1 fully saturated rings. The second-order valence-corrected chi connectivity index (χ2v) is 8.68. The monoisotopic (exact) mass is 380 g/mol. The normalized spacial score (nSPS) is 15.4. The van der Waals surface area contributed by atoms with Crippen LogP contribution in [-0.4, -0.2) is 40.4 Å². The molecule has 1 aliphatic heterocycles. The molecule has 0 atom stereocenters. The van der Waals surface area contributed by atoms with Gasteiger partial charge >= 0.3 is 5.69 Å². The van der Waals surface area contributed by atoms with Crippen LogP contribution in [0.3, 0.4) is 0 Å². The SMILES string of the molecule is Cn1c(=O)n(CC(C)(C)C)c2ccc(-c3cccc(N4CCOCC4)c3)nc21. The van der Waals surface area contributed by atoms with Crippen molar-refractivity contribution in [3.63, 3.8) is 0 Å². The van der Waals surface area contributed by atoms with Crippen molar-refractivity contribution in [3.8, 4) is 11.3 Å². The fourth-order valence-electron chi connectivity index (χ4n) is 3.74. The number of benzene rings is 1. The van der Waals surface area contributed by atoms with E-state index < -0.39 is 0 Å². The molecule has 1 aliphatic rings. The summed E-state index contributed by atoms with van der Waals surface area (Å²) in [5, 5.41) is 0. The summed E-state index contributed by atoms with van der Waals surface area (Å²) in [6.45, 7) is 10.4. The molecule has 1 aromatic carbocycles. The first-order chi connectivity index (χ1) is 13.3. The lowest BCUT2D eigenvalue weighted by atomic mass is 9.97. The molecule has 3 aromatic rings. The predicted molar refractivity (Wildman–Crippen MR) is 113 cm³/mol. The Morgan fingerprint density at radius 3 is 2.57 bits per heavy atom. The first-order valence-electron chi connectivity index (χ1n) is 9.83. The molecule has 28 heavy (non-hydrogen) atoms. The molecule has 0 spiro atoms. The highest BCUT2D eigenvalue weighted by Crippen LogP contribution is 2.26. The average Bonchev–Trinajstić information content (AvgIpc) is 2.92. The number of pyridine rings is 1. The number of hydrogen-bond acceptors (Lipinski definition) is 4. The van der Waals surface area contributed by atoms with E-state index in [9.17, 15) is 4.79 Å². The quantitative estimate of drug-likeness (QED) is 0.700. The maximum atomic E-state index is 12.7. The van der Waals surface area contributed by atoms with Crippen LogP contribution < -0.4 is 10.6 Å². The third-order valence-corrected chi connectivity index (χ3v) is 5.13. The lowest BCUT2D eigenvalue weighted by Crippen LogP contribution is -2.36. The van der Waals surface area contributed by atoms with Crippen LogP contribution in [0.4, 0.5) is 5.69 Å². The molecule has 0 radical (unpaired) electrons. The van der Waals surface area contributed by atoms with E-state index in [0.717, 1.165) is 48.7 Å². The van der Waals surface area contributed by atoms with E-state index in [1.165, 1.54) is 5.69 Å². The van der Waals surface area contributed by atoms with Crippen molar-refractivity contribution in [2.24, 2.45) is 12.5 Å². The number of hydrogen-bond donors (Lipinski definition) is 0. The largest absolute Gasteiger partial charge is 0.378 e. The topological polar surface area (TPSA) is 52.3 Å². The van der Waals surface area contributed by atoms with Crippen molar-refractivity contribution in [2.45, 2.75) is 27.3 Å². The Morgan fingerprint density at radius 1 is 1.11 bits per heavy atom. The second kappa shape index (κ2) is 7.09. The number of aromatic nitrogens is 3. The molecular formula is C22H28N4O2. The van der Waals surface area contributed by atoms with Crippen molar-refractivity contribution < 1.29 is 4.74 Å². The first kappa shape index (κ1) is 18.7. The molecule has 6 heteroatoms. The summed E-state index contributed by atoms with van der Waals surface area (Å²) in [5.74, 6) is 0. The minimum Gasteiger partial charge on any atom is -0.378 e. The zero-order valence-electron chi connectivity index (χ0n) is 17.1. The number of nitrogens with zero attached hydrogens (tertiary/aromatic N) is 4. The number of imidazole rings is 1. The second-order valence-electron chi connectivity index (χ2n) is 8.68. The highest BCUT2D eigenvalue weighted by Gasteiger charge is 2.19. The van der Waals surface area contributed by atoms with Crippen molar-refractivity contribution in [3.05, 3.63) is 46.9 Å². The zero-order chi connectivity index (χ0) is 19.9. The van der Waals surface area contributed by atoms with E-state index in [4.69, 9.17) is 9.72 Å². The Bertz CT molecular complexity index is 1050. The van der Waals surface area contributed by atoms with Crippen LogP contribution in [0.1, 0.15) is 20.8 Å². The molecule has 1 saturated heterocycles. The van der Waals surface area contributed by atoms with Gasteiger partial charge in [0.25, 0.3) is 0 Å². The molecule has 2 aromatic heterocycles. The third-order valence-electron chi connectivity index (χ3n) is 5.13. The lowest BCUT2D eigenvalue weighted by molar-refractivity contribution is 0.122. The maximum Gasteiger partial charge on any atom is 0.330 e. The Morgan fingerprint density at radius 2 is 1.86 bits per heavy atom. The molecule has 0 amide bonds. The van der Waals surface area contributed by atoms with Crippen LogP contribution in [0.15, 0.2) is 41.2 Å². The number of anilines is 1. The highest BCUT2D eigenvalue weighted by molar-refractivity contribution is 5.77. The zero-order valence-corrected chi connectivity index (χ0v) is 17.1. The van der Waals surface area contributed by atoms with E-state index >= 15 is 0 Å².